The lowest BCUT2D eigenvalue weighted by atomic mass is 10.1. The number of hydrogen-bond acceptors (Lipinski definition) is 3. The molecule has 0 radical (unpaired) electrons. The van der Waals surface area contributed by atoms with Crippen LogP contribution in [0.1, 0.15) is 23.7 Å². The van der Waals surface area contributed by atoms with Gasteiger partial charge in [0.2, 0.25) is 0 Å². The SMILES string of the molecule is CCc1cc(NCc2ccccc2N)c(=O)[nH]c1C. The van der Waals surface area contributed by atoms with Gasteiger partial charge in [0.05, 0.1) is 0 Å². The number of nitrogen functional groups attached to an aromatic ring is 1. The second-order valence-electron chi connectivity index (χ2n) is 4.57. The first-order chi connectivity index (χ1) is 9.11. The average molecular weight is 257 g/mol. The predicted molar refractivity (Wildman–Crippen MR) is 79.4 cm³/mol. The van der Waals surface area contributed by atoms with E-state index in [1.54, 1.807) is 0 Å². The smallest absolute Gasteiger partial charge is 0.271 e. The number of aromatic nitrogens is 1. The van der Waals surface area contributed by atoms with Crippen LogP contribution in [0, 0.1) is 6.92 Å². The molecule has 100 valence electrons. The molecule has 0 aliphatic carbocycles. The Hall–Kier alpha value is -2.23. The van der Waals surface area contributed by atoms with E-state index in [0.29, 0.717) is 12.2 Å². The van der Waals surface area contributed by atoms with Gasteiger partial charge in [-0.25, -0.2) is 0 Å². The summed E-state index contributed by atoms with van der Waals surface area (Å²) in [5.41, 5.74) is 10.2. The number of aryl methyl sites for hydroxylation is 2. The Morgan fingerprint density at radius 2 is 2.00 bits per heavy atom. The minimum atomic E-state index is -0.0933. The van der Waals surface area contributed by atoms with Crippen molar-refractivity contribution in [3.8, 4) is 0 Å². The Labute approximate surface area is 112 Å². The Bertz CT molecular complexity index is 632. The zero-order valence-electron chi connectivity index (χ0n) is 11.3. The molecule has 0 unspecified atom stereocenters. The van der Waals surface area contributed by atoms with Crippen molar-refractivity contribution in [2.75, 3.05) is 11.1 Å². The van der Waals surface area contributed by atoms with Crippen molar-refractivity contribution in [1.82, 2.24) is 4.98 Å². The molecule has 0 amide bonds. The second kappa shape index (κ2) is 5.61. The van der Waals surface area contributed by atoms with Crippen LogP contribution in [0.3, 0.4) is 0 Å². The molecular formula is C15H19N3O. The van der Waals surface area contributed by atoms with Gasteiger partial charge in [0, 0.05) is 17.9 Å². The first-order valence-electron chi connectivity index (χ1n) is 6.42. The van der Waals surface area contributed by atoms with Crippen molar-refractivity contribution in [3.05, 3.63) is 57.5 Å². The molecule has 0 fully saturated rings. The molecule has 0 aliphatic rings. The Balaban J connectivity index is 2.20. The number of nitrogens with two attached hydrogens (primary N) is 1. The lowest BCUT2D eigenvalue weighted by molar-refractivity contribution is 1.01. The van der Waals surface area contributed by atoms with Crippen LogP contribution in [0.4, 0.5) is 11.4 Å². The maximum atomic E-state index is 11.9. The summed E-state index contributed by atoms with van der Waals surface area (Å²) in [6.07, 6.45) is 0.894. The van der Waals surface area contributed by atoms with E-state index in [0.717, 1.165) is 28.9 Å². The zero-order chi connectivity index (χ0) is 13.8. The number of H-pyrrole nitrogens is 1. The van der Waals surface area contributed by atoms with Crippen LogP contribution < -0.4 is 16.6 Å². The lowest BCUT2D eigenvalue weighted by Crippen LogP contribution is -2.16. The Morgan fingerprint density at radius 1 is 1.26 bits per heavy atom. The minimum absolute atomic E-state index is 0.0933. The fourth-order valence-corrected chi connectivity index (χ4v) is 2.05. The van der Waals surface area contributed by atoms with E-state index in [2.05, 4.69) is 17.2 Å². The molecule has 0 spiro atoms. The number of aromatic amines is 1. The molecule has 2 rings (SSSR count). The van der Waals surface area contributed by atoms with Crippen molar-refractivity contribution in [1.29, 1.82) is 0 Å². The monoisotopic (exact) mass is 257 g/mol. The number of hydrogen-bond donors (Lipinski definition) is 3. The van der Waals surface area contributed by atoms with E-state index in [-0.39, 0.29) is 5.56 Å². The van der Waals surface area contributed by atoms with Gasteiger partial charge in [0.25, 0.3) is 5.56 Å². The maximum absolute atomic E-state index is 11.9. The van der Waals surface area contributed by atoms with Gasteiger partial charge in [-0.1, -0.05) is 25.1 Å². The third-order valence-corrected chi connectivity index (χ3v) is 3.25. The molecule has 4 nitrogen and oxygen atoms in total. The fraction of sp³-hybridized carbons (Fsp3) is 0.267. The molecule has 0 saturated heterocycles. The van der Waals surface area contributed by atoms with E-state index < -0.39 is 0 Å². The van der Waals surface area contributed by atoms with Crippen LogP contribution in [-0.4, -0.2) is 4.98 Å². The van der Waals surface area contributed by atoms with Gasteiger partial charge in [-0.2, -0.15) is 0 Å². The fourth-order valence-electron chi connectivity index (χ4n) is 2.05. The highest BCUT2D eigenvalue weighted by Gasteiger charge is 2.05. The van der Waals surface area contributed by atoms with E-state index in [1.165, 1.54) is 0 Å². The largest absolute Gasteiger partial charge is 0.398 e. The number of benzene rings is 1. The third-order valence-electron chi connectivity index (χ3n) is 3.25. The van der Waals surface area contributed by atoms with Crippen molar-refractivity contribution in [3.63, 3.8) is 0 Å². The summed E-state index contributed by atoms with van der Waals surface area (Å²) in [4.78, 5) is 14.7. The molecule has 0 atom stereocenters. The van der Waals surface area contributed by atoms with E-state index in [4.69, 9.17) is 5.73 Å². The quantitative estimate of drug-likeness (QED) is 0.737. The highest BCUT2D eigenvalue weighted by molar-refractivity contribution is 5.50. The summed E-state index contributed by atoms with van der Waals surface area (Å²) in [7, 11) is 0. The van der Waals surface area contributed by atoms with Gasteiger partial charge in [-0.05, 0) is 36.6 Å². The molecule has 4 heteroatoms. The van der Waals surface area contributed by atoms with Crippen molar-refractivity contribution in [2.24, 2.45) is 0 Å². The third kappa shape index (κ3) is 2.96. The molecule has 19 heavy (non-hydrogen) atoms. The Morgan fingerprint density at radius 3 is 2.68 bits per heavy atom. The van der Waals surface area contributed by atoms with E-state index in [9.17, 15) is 4.79 Å². The van der Waals surface area contributed by atoms with Crippen LogP contribution in [-0.2, 0) is 13.0 Å². The Kier molecular flexibility index (Phi) is 3.90. The van der Waals surface area contributed by atoms with Crippen LogP contribution in [0.5, 0.6) is 0 Å². The molecule has 1 heterocycles. The molecular weight excluding hydrogens is 238 g/mol. The molecule has 0 saturated carbocycles. The number of para-hydroxylation sites is 1. The summed E-state index contributed by atoms with van der Waals surface area (Å²) in [6.45, 7) is 4.53. The minimum Gasteiger partial charge on any atom is -0.398 e. The standard InChI is InChI=1S/C15H19N3O/c1-3-11-8-14(15(19)18-10(11)2)17-9-12-6-4-5-7-13(12)16/h4-8,17H,3,9,16H2,1-2H3,(H,18,19). The number of rotatable bonds is 4. The van der Waals surface area contributed by atoms with E-state index in [1.807, 2.05) is 37.3 Å². The molecule has 1 aromatic carbocycles. The topological polar surface area (TPSA) is 70.9 Å². The van der Waals surface area contributed by atoms with Crippen LogP contribution in [0.25, 0.3) is 0 Å². The average Bonchev–Trinajstić information content (AvgIpc) is 2.39. The number of nitrogens with one attached hydrogen (secondary N) is 2. The van der Waals surface area contributed by atoms with E-state index >= 15 is 0 Å². The van der Waals surface area contributed by atoms with Crippen molar-refractivity contribution >= 4 is 11.4 Å². The van der Waals surface area contributed by atoms with Gasteiger partial charge in [-0.15, -0.1) is 0 Å². The summed E-state index contributed by atoms with van der Waals surface area (Å²) < 4.78 is 0. The summed E-state index contributed by atoms with van der Waals surface area (Å²) in [6, 6.07) is 9.55. The van der Waals surface area contributed by atoms with Crippen LogP contribution in [0.15, 0.2) is 35.1 Å². The molecule has 0 aliphatic heterocycles. The highest BCUT2D eigenvalue weighted by atomic mass is 16.1. The van der Waals surface area contributed by atoms with Crippen molar-refractivity contribution < 1.29 is 0 Å². The predicted octanol–water partition coefficient (Wildman–Crippen LogP) is 2.44. The van der Waals surface area contributed by atoms with Crippen LogP contribution in [0.2, 0.25) is 0 Å². The van der Waals surface area contributed by atoms with Crippen LogP contribution >= 0.6 is 0 Å². The second-order valence-corrected chi connectivity index (χ2v) is 4.57. The number of anilines is 2. The van der Waals surface area contributed by atoms with Crippen molar-refractivity contribution in [2.45, 2.75) is 26.8 Å². The summed E-state index contributed by atoms with van der Waals surface area (Å²) >= 11 is 0. The first-order valence-corrected chi connectivity index (χ1v) is 6.42. The highest BCUT2D eigenvalue weighted by Crippen LogP contribution is 2.14. The molecule has 0 bridgehead atoms. The van der Waals surface area contributed by atoms with Gasteiger partial charge in [-0.3, -0.25) is 4.79 Å². The zero-order valence-corrected chi connectivity index (χ0v) is 11.3. The maximum Gasteiger partial charge on any atom is 0.271 e. The normalized spacial score (nSPS) is 10.4. The first kappa shape index (κ1) is 13.2. The molecule has 2 aromatic rings. The van der Waals surface area contributed by atoms with Gasteiger partial charge in [0.1, 0.15) is 5.69 Å². The summed E-state index contributed by atoms with van der Waals surface area (Å²) in [5, 5.41) is 3.15. The van der Waals surface area contributed by atoms with Gasteiger partial charge in [0.15, 0.2) is 0 Å². The lowest BCUT2D eigenvalue weighted by Gasteiger charge is -2.10. The summed E-state index contributed by atoms with van der Waals surface area (Å²) in [5.74, 6) is 0. The molecule has 1 aromatic heterocycles. The van der Waals surface area contributed by atoms with Gasteiger partial charge < -0.3 is 16.0 Å². The molecule has 4 N–H and O–H groups in total. The van der Waals surface area contributed by atoms with Gasteiger partial charge >= 0.3 is 0 Å². The number of pyridine rings is 1.